The SMILES string of the molecule is CCOc1ccc(/C=C/C(=O)NNC(=O)COc2ccc(-c3ccccc3)cc2)cc1. The van der Waals surface area contributed by atoms with Gasteiger partial charge < -0.3 is 9.47 Å². The summed E-state index contributed by atoms with van der Waals surface area (Å²) in [5.41, 5.74) is 7.64. The van der Waals surface area contributed by atoms with Gasteiger partial charge >= 0.3 is 0 Å². The summed E-state index contributed by atoms with van der Waals surface area (Å²) in [7, 11) is 0. The molecule has 0 saturated heterocycles. The fraction of sp³-hybridized carbons (Fsp3) is 0.120. The molecule has 0 bridgehead atoms. The van der Waals surface area contributed by atoms with E-state index in [0.29, 0.717) is 12.4 Å². The van der Waals surface area contributed by atoms with Crippen LogP contribution < -0.4 is 20.3 Å². The number of rotatable bonds is 8. The first-order valence-electron chi connectivity index (χ1n) is 9.92. The van der Waals surface area contributed by atoms with Gasteiger partial charge in [0.15, 0.2) is 6.61 Å². The second-order valence-corrected chi connectivity index (χ2v) is 6.55. The Balaban J connectivity index is 1.40. The summed E-state index contributed by atoms with van der Waals surface area (Å²) in [5, 5.41) is 0. The van der Waals surface area contributed by atoms with Gasteiger partial charge in [-0.25, -0.2) is 0 Å². The lowest BCUT2D eigenvalue weighted by molar-refractivity contribution is -0.128. The van der Waals surface area contributed by atoms with Gasteiger partial charge in [0.2, 0.25) is 0 Å². The summed E-state index contributed by atoms with van der Waals surface area (Å²) < 4.78 is 10.8. The van der Waals surface area contributed by atoms with Crippen molar-refractivity contribution >= 4 is 17.9 Å². The normalized spacial score (nSPS) is 10.5. The Kier molecular flexibility index (Phi) is 7.83. The molecule has 158 valence electrons. The van der Waals surface area contributed by atoms with Crippen LogP contribution in [0, 0.1) is 0 Å². The van der Waals surface area contributed by atoms with Gasteiger partial charge in [0.1, 0.15) is 11.5 Å². The first-order valence-corrected chi connectivity index (χ1v) is 9.92. The average molecular weight is 416 g/mol. The number of benzene rings is 3. The molecule has 6 heteroatoms. The maximum absolute atomic E-state index is 11.9. The second kappa shape index (κ2) is 11.2. The van der Waals surface area contributed by atoms with Gasteiger partial charge in [0.25, 0.3) is 11.8 Å². The Morgan fingerprint density at radius 3 is 2.06 bits per heavy atom. The lowest BCUT2D eigenvalue weighted by Crippen LogP contribution is -2.43. The number of carbonyl (C=O) groups excluding carboxylic acids is 2. The van der Waals surface area contributed by atoms with Crippen molar-refractivity contribution in [3.8, 4) is 22.6 Å². The van der Waals surface area contributed by atoms with Crippen LogP contribution in [0.3, 0.4) is 0 Å². The molecule has 2 N–H and O–H groups in total. The highest BCUT2D eigenvalue weighted by Gasteiger charge is 2.05. The van der Waals surface area contributed by atoms with Crippen molar-refractivity contribution in [2.24, 2.45) is 0 Å². The Hall–Kier alpha value is -4.06. The van der Waals surface area contributed by atoms with E-state index in [1.807, 2.05) is 73.7 Å². The first kappa shape index (κ1) is 21.6. The molecule has 0 aliphatic carbocycles. The van der Waals surface area contributed by atoms with Gasteiger partial charge in [-0.1, -0.05) is 54.6 Å². The van der Waals surface area contributed by atoms with Crippen molar-refractivity contribution in [3.63, 3.8) is 0 Å². The largest absolute Gasteiger partial charge is 0.494 e. The van der Waals surface area contributed by atoms with Crippen molar-refractivity contribution in [1.82, 2.24) is 10.9 Å². The number of ether oxygens (including phenoxy) is 2. The molecule has 31 heavy (non-hydrogen) atoms. The van der Waals surface area contributed by atoms with Gasteiger partial charge in [-0.05, 0) is 54.0 Å². The third kappa shape index (κ3) is 7.04. The molecule has 0 aliphatic heterocycles. The van der Waals surface area contributed by atoms with Crippen LogP contribution >= 0.6 is 0 Å². The number of hydrogen-bond acceptors (Lipinski definition) is 4. The summed E-state index contributed by atoms with van der Waals surface area (Å²) >= 11 is 0. The zero-order valence-corrected chi connectivity index (χ0v) is 17.2. The fourth-order valence-corrected chi connectivity index (χ4v) is 2.75. The summed E-state index contributed by atoms with van der Waals surface area (Å²) in [6.07, 6.45) is 2.97. The molecule has 0 heterocycles. The number of nitrogens with one attached hydrogen (secondary N) is 2. The van der Waals surface area contributed by atoms with E-state index < -0.39 is 11.8 Å². The highest BCUT2D eigenvalue weighted by Crippen LogP contribution is 2.21. The van der Waals surface area contributed by atoms with Crippen molar-refractivity contribution in [3.05, 3.63) is 90.5 Å². The van der Waals surface area contributed by atoms with Crippen LogP contribution in [-0.2, 0) is 9.59 Å². The summed E-state index contributed by atoms with van der Waals surface area (Å²) in [6.45, 7) is 2.30. The third-order valence-electron chi connectivity index (χ3n) is 4.27. The minimum atomic E-state index is -0.463. The highest BCUT2D eigenvalue weighted by atomic mass is 16.5. The lowest BCUT2D eigenvalue weighted by atomic mass is 10.1. The van der Waals surface area contributed by atoms with Gasteiger partial charge in [-0.2, -0.15) is 0 Å². The summed E-state index contributed by atoms with van der Waals surface area (Å²) in [5.74, 6) is 0.423. The molecule has 0 fully saturated rings. The Labute approximate surface area is 181 Å². The smallest absolute Gasteiger partial charge is 0.276 e. The maximum atomic E-state index is 11.9. The number of hydrazine groups is 1. The minimum absolute atomic E-state index is 0.215. The monoisotopic (exact) mass is 416 g/mol. The number of hydrogen-bond donors (Lipinski definition) is 2. The van der Waals surface area contributed by atoms with Crippen LogP contribution in [0.2, 0.25) is 0 Å². The van der Waals surface area contributed by atoms with Crippen LogP contribution in [0.5, 0.6) is 11.5 Å². The van der Waals surface area contributed by atoms with Crippen molar-refractivity contribution < 1.29 is 19.1 Å². The molecule has 6 nitrogen and oxygen atoms in total. The molecular weight excluding hydrogens is 392 g/mol. The molecule has 0 radical (unpaired) electrons. The van der Waals surface area contributed by atoms with Gasteiger partial charge in [0.05, 0.1) is 6.61 Å². The molecule has 0 aliphatic rings. The Morgan fingerprint density at radius 1 is 0.774 bits per heavy atom. The van der Waals surface area contributed by atoms with Crippen LogP contribution in [-0.4, -0.2) is 25.0 Å². The maximum Gasteiger partial charge on any atom is 0.276 e. The predicted octanol–water partition coefficient (Wildman–Crippen LogP) is 3.99. The molecule has 3 rings (SSSR count). The lowest BCUT2D eigenvalue weighted by Gasteiger charge is -2.08. The van der Waals surface area contributed by atoms with Crippen LogP contribution in [0.25, 0.3) is 17.2 Å². The van der Waals surface area contributed by atoms with E-state index >= 15 is 0 Å². The van der Waals surface area contributed by atoms with Crippen LogP contribution in [0.15, 0.2) is 84.9 Å². The molecule has 3 aromatic rings. The van der Waals surface area contributed by atoms with E-state index in [1.165, 1.54) is 6.08 Å². The second-order valence-electron chi connectivity index (χ2n) is 6.55. The molecular formula is C25H24N2O4. The van der Waals surface area contributed by atoms with Crippen molar-refractivity contribution in [2.45, 2.75) is 6.92 Å². The van der Waals surface area contributed by atoms with Crippen LogP contribution in [0.4, 0.5) is 0 Å². The summed E-state index contributed by atoms with van der Waals surface area (Å²) in [4.78, 5) is 23.8. The molecule has 0 spiro atoms. The van der Waals surface area contributed by atoms with E-state index in [9.17, 15) is 9.59 Å². The molecule has 0 saturated carbocycles. The van der Waals surface area contributed by atoms with Crippen molar-refractivity contribution in [2.75, 3.05) is 13.2 Å². The first-order chi connectivity index (χ1) is 15.1. The predicted molar refractivity (Wildman–Crippen MR) is 120 cm³/mol. The Bertz CT molecular complexity index is 1010. The van der Waals surface area contributed by atoms with Gasteiger partial charge in [0, 0.05) is 6.08 Å². The van der Waals surface area contributed by atoms with Crippen LogP contribution in [0.1, 0.15) is 12.5 Å². The topological polar surface area (TPSA) is 76.7 Å². The molecule has 0 aromatic heterocycles. The van der Waals surface area contributed by atoms with E-state index in [4.69, 9.17) is 9.47 Å². The zero-order chi connectivity index (χ0) is 21.9. The molecule has 0 atom stereocenters. The number of carbonyl (C=O) groups is 2. The van der Waals surface area contributed by atoms with Gasteiger partial charge in [-0.15, -0.1) is 0 Å². The standard InChI is InChI=1S/C25H24N2O4/c1-2-30-22-13-8-19(9-14-22)10-17-24(28)26-27-25(29)18-31-23-15-11-21(12-16-23)20-6-4-3-5-7-20/h3-17H,2,18H2,1H3,(H,26,28)(H,27,29)/b17-10+. The molecule has 3 aromatic carbocycles. The molecule has 2 amide bonds. The zero-order valence-electron chi connectivity index (χ0n) is 17.2. The van der Waals surface area contributed by atoms with E-state index in [2.05, 4.69) is 10.9 Å². The van der Waals surface area contributed by atoms with E-state index in [0.717, 1.165) is 22.4 Å². The van der Waals surface area contributed by atoms with E-state index in [-0.39, 0.29) is 6.61 Å². The van der Waals surface area contributed by atoms with E-state index in [1.54, 1.807) is 18.2 Å². The highest BCUT2D eigenvalue weighted by molar-refractivity contribution is 5.93. The minimum Gasteiger partial charge on any atom is -0.494 e. The number of amides is 2. The average Bonchev–Trinajstić information content (AvgIpc) is 2.82. The Morgan fingerprint density at radius 2 is 1.39 bits per heavy atom. The van der Waals surface area contributed by atoms with Gasteiger partial charge in [-0.3, -0.25) is 20.4 Å². The van der Waals surface area contributed by atoms with Crippen molar-refractivity contribution in [1.29, 1.82) is 0 Å². The quantitative estimate of drug-likeness (QED) is 0.430. The molecule has 0 unspecified atom stereocenters. The third-order valence-corrected chi connectivity index (χ3v) is 4.27. The fourth-order valence-electron chi connectivity index (χ4n) is 2.75. The summed E-state index contributed by atoms with van der Waals surface area (Å²) in [6, 6.07) is 24.7.